The van der Waals surface area contributed by atoms with Crippen molar-refractivity contribution in [2.24, 2.45) is 0 Å². The Kier molecular flexibility index (Phi) is 2.23. The Hall–Kier alpha value is -1.39. The summed E-state index contributed by atoms with van der Waals surface area (Å²) in [7, 11) is 0. The van der Waals surface area contributed by atoms with Gasteiger partial charge in [-0.3, -0.25) is 0 Å². The fourth-order valence-electron chi connectivity index (χ4n) is 1.72. The fourth-order valence-corrected chi connectivity index (χ4v) is 1.72. The average Bonchev–Trinajstić information content (AvgIpc) is 2.59. The van der Waals surface area contributed by atoms with Gasteiger partial charge < -0.3 is 15.5 Å². The second kappa shape index (κ2) is 3.40. The Balaban J connectivity index is 2.42. The zero-order chi connectivity index (χ0) is 10.1. The molecule has 1 aliphatic heterocycles. The molecule has 1 heterocycles. The molecule has 0 saturated carbocycles. The summed E-state index contributed by atoms with van der Waals surface area (Å²) in [5, 5.41) is 20.9. The van der Waals surface area contributed by atoms with Crippen LogP contribution in [0.4, 0.5) is 0 Å². The predicted molar refractivity (Wildman–Crippen MR) is 50.1 cm³/mol. The number of benzene rings is 1. The van der Waals surface area contributed by atoms with Crippen LogP contribution in [0.5, 0.6) is 0 Å². The van der Waals surface area contributed by atoms with Crippen LogP contribution in [-0.2, 0) is 6.54 Å². The number of hydrogen-bond acceptors (Lipinski definition) is 3. The van der Waals surface area contributed by atoms with Crippen molar-refractivity contribution in [2.45, 2.75) is 12.6 Å². The van der Waals surface area contributed by atoms with E-state index in [0.717, 1.165) is 11.1 Å². The smallest absolute Gasteiger partial charge is 0.335 e. The first-order valence-corrected chi connectivity index (χ1v) is 4.42. The summed E-state index contributed by atoms with van der Waals surface area (Å²) < 4.78 is 0. The van der Waals surface area contributed by atoms with E-state index in [1.807, 2.05) is 0 Å². The third-order valence-corrected chi connectivity index (χ3v) is 2.49. The second-order valence-corrected chi connectivity index (χ2v) is 3.33. The molecule has 1 aliphatic rings. The van der Waals surface area contributed by atoms with Crippen molar-refractivity contribution in [2.75, 3.05) is 6.61 Å². The van der Waals surface area contributed by atoms with Gasteiger partial charge in [0.15, 0.2) is 0 Å². The van der Waals surface area contributed by atoms with Gasteiger partial charge in [0.05, 0.1) is 18.2 Å². The van der Waals surface area contributed by atoms with E-state index in [9.17, 15) is 4.79 Å². The average molecular weight is 193 g/mol. The molecule has 14 heavy (non-hydrogen) atoms. The van der Waals surface area contributed by atoms with Gasteiger partial charge in [-0.05, 0) is 23.3 Å². The van der Waals surface area contributed by atoms with Crippen LogP contribution >= 0.6 is 0 Å². The Labute approximate surface area is 81.2 Å². The van der Waals surface area contributed by atoms with Crippen molar-refractivity contribution in [1.29, 1.82) is 0 Å². The largest absolute Gasteiger partial charge is 0.478 e. The monoisotopic (exact) mass is 193 g/mol. The van der Waals surface area contributed by atoms with Crippen LogP contribution in [0.25, 0.3) is 0 Å². The molecule has 1 atom stereocenters. The lowest BCUT2D eigenvalue weighted by Gasteiger charge is -2.07. The van der Waals surface area contributed by atoms with Gasteiger partial charge in [0.2, 0.25) is 0 Å². The van der Waals surface area contributed by atoms with Gasteiger partial charge in [0.25, 0.3) is 0 Å². The van der Waals surface area contributed by atoms with Crippen molar-refractivity contribution >= 4 is 5.97 Å². The number of fused-ring (bicyclic) bond motifs is 1. The Morgan fingerprint density at radius 3 is 3.00 bits per heavy atom. The number of rotatable bonds is 2. The minimum Gasteiger partial charge on any atom is -0.478 e. The lowest BCUT2D eigenvalue weighted by atomic mass is 10.0. The number of carbonyl (C=O) groups is 1. The molecule has 2 rings (SSSR count). The molecular weight excluding hydrogens is 182 g/mol. The van der Waals surface area contributed by atoms with E-state index >= 15 is 0 Å². The highest BCUT2D eigenvalue weighted by Gasteiger charge is 2.21. The number of hydrogen-bond donors (Lipinski definition) is 3. The zero-order valence-corrected chi connectivity index (χ0v) is 7.53. The van der Waals surface area contributed by atoms with Crippen LogP contribution in [0, 0.1) is 0 Å². The van der Waals surface area contributed by atoms with Gasteiger partial charge in [0, 0.05) is 6.54 Å². The van der Waals surface area contributed by atoms with Crippen LogP contribution in [-0.4, -0.2) is 22.8 Å². The molecule has 3 N–H and O–H groups in total. The van der Waals surface area contributed by atoms with Gasteiger partial charge >= 0.3 is 5.97 Å². The maximum absolute atomic E-state index is 10.7. The molecule has 0 aliphatic carbocycles. The quantitative estimate of drug-likeness (QED) is 0.640. The number of carboxylic acid groups (broad SMARTS) is 1. The van der Waals surface area contributed by atoms with Crippen molar-refractivity contribution in [3.05, 3.63) is 34.9 Å². The molecule has 0 aromatic heterocycles. The maximum atomic E-state index is 10.7. The number of aliphatic hydroxyl groups excluding tert-OH is 1. The lowest BCUT2D eigenvalue weighted by Crippen LogP contribution is -2.15. The highest BCUT2D eigenvalue weighted by Crippen LogP contribution is 2.25. The van der Waals surface area contributed by atoms with E-state index in [1.54, 1.807) is 18.2 Å². The summed E-state index contributed by atoms with van der Waals surface area (Å²) in [6, 6.07) is 4.88. The molecule has 0 unspecified atom stereocenters. The fraction of sp³-hybridized carbons (Fsp3) is 0.300. The van der Waals surface area contributed by atoms with Crippen molar-refractivity contribution in [3.63, 3.8) is 0 Å². The maximum Gasteiger partial charge on any atom is 0.335 e. The first-order valence-electron chi connectivity index (χ1n) is 4.42. The highest BCUT2D eigenvalue weighted by molar-refractivity contribution is 5.88. The number of aliphatic hydroxyl groups is 1. The summed E-state index contributed by atoms with van der Waals surface area (Å²) in [6.07, 6.45) is 0. The highest BCUT2D eigenvalue weighted by atomic mass is 16.4. The van der Waals surface area contributed by atoms with Crippen LogP contribution in [0.1, 0.15) is 27.5 Å². The van der Waals surface area contributed by atoms with E-state index in [0.29, 0.717) is 6.54 Å². The van der Waals surface area contributed by atoms with Crippen LogP contribution in [0.15, 0.2) is 18.2 Å². The molecule has 0 fully saturated rings. The Morgan fingerprint density at radius 1 is 1.57 bits per heavy atom. The molecule has 1 aromatic rings. The molecule has 0 bridgehead atoms. The van der Waals surface area contributed by atoms with E-state index in [-0.39, 0.29) is 18.2 Å². The number of carboxylic acids is 1. The molecular formula is C10H11NO3. The molecule has 74 valence electrons. The first kappa shape index (κ1) is 9.18. The number of nitrogens with one attached hydrogen (secondary N) is 1. The van der Waals surface area contributed by atoms with Gasteiger partial charge in [-0.1, -0.05) is 6.07 Å². The van der Waals surface area contributed by atoms with E-state index in [4.69, 9.17) is 10.2 Å². The normalized spacial score (nSPS) is 19.4. The molecule has 4 heteroatoms. The Bertz CT molecular complexity index is 376. The Morgan fingerprint density at radius 2 is 2.36 bits per heavy atom. The third kappa shape index (κ3) is 1.38. The van der Waals surface area contributed by atoms with E-state index in [2.05, 4.69) is 5.32 Å². The summed E-state index contributed by atoms with van der Waals surface area (Å²) in [5.41, 5.74) is 2.23. The van der Waals surface area contributed by atoms with Crippen molar-refractivity contribution in [3.8, 4) is 0 Å². The summed E-state index contributed by atoms with van der Waals surface area (Å²) in [5.74, 6) is -0.934. The van der Waals surface area contributed by atoms with Gasteiger partial charge in [-0.25, -0.2) is 4.79 Å². The lowest BCUT2D eigenvalue weighted by molar-refractivity contribution is 0.0696. The minimum absolute atomic E-state index is 0.00390. The topological polar surface area (TPSA) is 69.6 Å². The van der Waals surface area contributed by atoms with E-state index < -0.39 is 5.97 Å². The SMILES string of the molecule is O=C(O)c1ccc2c(c1)[C@H](CO)NC2. The van der Waals surface area contributed by atoms with Crippen LogP contribution in [0.2, 0.25) is 0 Å². The third-order valence-electron chi connectivity index (χ3n) is 2.49. The van der Waals surface area contributed by atoms with Gasteiger partial charge in [0.1, 0.15) is 0 Å². The molecule has 4 nitrogen and oxygen atoms in total. The summed E-state index contributed by atoms with van der Waals surface area (Å²) in [6.45, 7) is 0.691. The number of aromatic carboxylic acids is 1. The summed E-state index contributed by atoms with van der Waals surface area (Å²) >= 11 is 0. The van der Waals surface area contributed by atoms with Crippen molar-refractivity contribution < 1.29 is 15.0 Å². The van der Waals surface area contributed by atoms with Crippen molar-refractivity contribution in [1.82, 2.24) is 5.32 Å². The van der Waals surface area contributed by atoms with Crippen LogP contribution in [0.3, 0.4) is 0 Å². The molecule has 0 amide bonds. The molecule has 1 aromatic carbocycles. The summed E-state index contributed by atoms with van der Waals surface area (Å²) in [4.78, 5) is 10.7. The van der Waals surface area contributed by atoms with Gasteiger partial charge in [-0.2, -0.15) is 0 Å². The standard InChI is InChI=1S/C10H11NO3/c12-5-9-8-3-6(10(13)14)1-2-7(8)4-11-9/h1-3,9,11-12H,4-5H2,(H,13,14)/t9-/m0/s1. The molecule has 0 spiro atoms. The van der Waals surface area contributed by atoms with E-state index in [1.165, 1.54) is 0 Å². The molecule has 0 radical (unpaired) electrons. The minimum atomic E-state index is -0.934. The zero-order valence-electron chi connectivity index (χ0n) is 7.53. The predicted octanol–water partition coefficient (Wildman–Crippen LogP) is 0.521. The second-order valence-electron chi connectivity index (χ2n) is 3.33. The van der Waals surface area contributed by atoms with Gasteiger partial charge in [-0.15, -0.1) is 0 Å². The molecule has 0 saturated heterocycles. The first-order chi connectivity index (χ1) is 6.72. The van der Waals surface area contributed by atoms with Crippen LogP contribution < -0.4 is 5.32 Å².